The highest BCUT2D eigenvalue weighted by atomic mass is 16.5. The average molecular weight is 279 g/mol. The van der Waals surface area contributed by atoms with E-state index in [1.54, 1.807) is 24.3 Å². The van der Waals surface area contributed by atoms with Gasteiger partial charge in [-0.3, -0.25) is 4.79 Å². The summed E-state index contributed by atoms with van der Waals surface area (Å²) in [6.45, 7) is 0.262. The number of rotatable bonds is 3. The maximum absolute atomic E-state index is 11.9. The molecule has 1 N–H and O–H groups in total. The minimum absolute atomic E-state index is 0.218. The van der Waals surface area contributed by atoms with E-state index in [-0.39, 0.29) is 18.5 Å². The summed E-state index contributed by atoms with van der Waals surface area (Å²) in [6, 6.07) is 14.7. The van der Waals surface area contributed by atoms with Crippen LogP contribution in [0.1, 0.15) is 21.5 Å². The number of anilines is 1. The number of amides is 1. The minimum atomic E-state index is -0.313. The molecular formula is C17H13NO3. The maximum atomic E-state index is 11.9. The Morgan fingerprint density at radius 3 is 2.76 bits per heavy atom. The van der Waals surface area contributed by atoms with Gasteiger partial charge in [-0.2, -0.15) is 0 Å². The van der Waals surface area contributed by atoms with E-state index in [9.17, 15) is 9.59 Å². The Morgan fingerprint density at radius 1 is 1.14 bits per heavy atom. The molecule has 1 heterocycles. The molecule has 0 spiro atoms. The third kappa shape index (κ3) is 3.00. The standard InChI is InChI=1S/C17H13NO3/c19-16(9-6-12-4-2-1-3-5-12)18-14-7-8-15-13(10-14)11-21-17(15)20/h1-10H,11H2,(H,18,19)/b9-6+. The summed E-state index contributed by atoms with van der Waals surface area (Å²) in [6.07, 6.45) is 3.22. The van der Waals surface area contributed by atoms with Crippen molar-refractivity contribution in [2.45, 2.75) is 6.61 Å². The van der Waals surface area contributed by atoms with E-state index in [0.29, 0.717) is 11.3 Å². The third-order valence-corrected chi connectivity index (χ3v) is 3.18. The van der Waals surface area contributed by atoms with E-state index in [2.05, 4.69) is 5.32 Å². The molecule has 2 aromatic rings. The van der Waals surface area contributed by atoms with E-state index in [0.717, 1.165) is 11.1 Å². The Kier molecular flexibility index (Phi) is 3.51. The molecule has 0 atom stereocenters. The van der Waals surface area contributed by atoms with E-state index in [4.69, 9.17) is 4.74 Å². The van der Waals surface area contributed by atoms with Gasteiger partial charge in [-0.05, 0) is 29.8 Å². The molecule has 0 aromatic heterocycles. The topological polar surface area (TPSA) is 55.4 Å². The molecule has 1 amide bonds. The van der Waals surface area contributed by atoms with Gasteiger partial charge in [0.1, 0.15) is 6.61 Å². The monoisotopic (exact) mass is 279 g/mol. The molecule has 0 saturated heterocycles. The van der Waals surface area contributed by atoms with E-state index >= 15 is 0 Å². The van der Waals surface area contributed by atoms with Crippen LogP contribution in [0.3, 0.4) is 0 Å². The number of esters is 1. The van der Waals surface area contributed by atoms with Gasteiger partial charge in [0.15, 0.2) is 0 Å². The van der Waals surface area contributed by atoms with Crippen LogP contribution < -0.4 is 5.32 Å². The van der Waals surface area contributed by atoms with Crippen LogP contribution in [0.25, 0.3) is 6.08 Å². The summed E-state index contributed by atoms with van der Waals surface area (Å²) in [5.74, 6) is -0.532. The van der Waals surface area contributed by atoms with Crippen LogP contribution in [-0.4, -0.2) is 11.9 Å². The van der Waals surface area contributed by atoms with Crippen LogP contribution in [0.15, 0.2) is 54.6 Å². The van der Waals surface area contributed by atoms with Crippen molar-refractivity contribution in [2.75, 3.05) is 5.32 Å². The van der Waals surface area contributed by atoms with Crippen molar-refractivity contribution in [3.05, 3.63) is 71.3 Å². The largest absolute Gasteiger partial charge is 0.457 e. The molecule has 104 valence electrons. The highest BCUT2D eigenvalue weighted by Gasteiger charge is 2.20. The van der Waals surface area contributed by atoms with Gasteiger partial charge in [0.2, 0.25) is 5.91 Å². The predicted molar refractivity (Wildman–Crippen MR) is 79.7 cm³/mol. The first-order valence-corrected chi connectivity index (χ1v) is 6.56. The summed E-state index contributed by atoms with van der Waals surface area (Å²) >= 11 is 0. The van der Waals surface area contributed by atoms with E-state index < -0.39 is 0 Å². The maximum Gasteiger partial charge on any atom is 0.338 e. The molecule has 0 bridgehead atoms. The van der Waals surface area contributed by atoms with Crippen LogP contribution in [0.4, 0.5) is 5.69 Å². The Balaban J connectivity index is 1.68. The number of carbonyl (C=O) groups is 2. The van der Waals surface area contributed by atoms with Crippen LogP contribution in [-0.2, 0) is 16.1 Å². The van der Waals surface area contributed by atoms with Gasteiger partial charge in [-0.15, -0.1) is 0 Å². The molecule has 2 aromatic carbocycles. The molecule has 0 fully saturated rings. The number of benzene rings is 2. The quantitative estimate of drug-likeness (QED) is 0.694. The van der Waals surface area contributed by atoms with Crippen molar-refractivity contribution in [1.29, 1.82) is 0 Å². The molecule has 4 nitrogen and oxygen atoms in total. The zero-order valence-corrected chi connectivity index (χ0v) is 11.2. The summed E-state index contributed by atoms with van der Waals surface area (Å²) in [5.41, 5.74) is 2.97. The zero-order chi connectivity index (χ0) is 14.7. The lowest BCUT2D eigenvalue weighted by molar-refractivity contribution is -0.111. The van der Waals surface area contributed by atoms with Gasteiger partial charge in [-0.25, -0.2) is 4.79 Å². The van der Waals surface area contributed by atoms with Gasteiger partial charge in [0.05, 0.1) is 5.56 Å². The predicted octanol–water partition coefficient (Wildman–Crippen LogP) is 3.01. The zero-order valence-electron chi connectivity index (χ0n) is 11.2. The highest BCUT2D eigenvalue weighted by Crippen LogP contribution is 2.23. The van der Waals surface area contributed by atoms with Crippen LogP contribution >= 0.6 is 0 Å². The van der Waals surface area contributed by atoms with Crippen molar-refractivity contribution < 1.29 is 14.3 Å². The average Bonchev–Trinajstić information content (AvgIpc) is 2.87. The molecule has 0 saturated carbocycles. The fourth-order valence-electron chi connectivity index (χ4n) is 2.13. The number of ether oxygens (including phenoxy) is 1. The molecule has 4 heteroatoms. The fourth-order valence-corrected chi connectivity index (χ4v) is 2.13. The smallest absolute Gasteiger partial charge is 0.338 e. The summed E-state index contributed by atoms with van der Waals surface area (Å²) in [4.78, 5) is 23.2. The van der Waals surface area contributed by atoms with Crippen molar-refractivity contribution in [3.8, 4) is 0 Å². The second-order valence-electron chi connectivity index (χ2n) is 4.68. The minimum Gasteiger partial charge on any atom is -0.457 e. The number of nitrogens with one attached hydrogen (secondary N) is 1. The van der Waals surface area contributed by atoms with Gasteiger partial charge >= 0.3 is 5.97 Å². The molecule has 0 aliphatic carbocycles. The van der Waals surface area contributed by atoms with Gasteiger partial charge in [-0.1, -0.05) is 30.3 Å². The van der Waals surface area contributed by atoms with Crippen LogP contribution in [0.5, 0.6) is 0 Å². The second-order valence-corrected chi connectivity index (χ2v) is 4.68. The lowest BCUT2D eigenvalue weighted by Gasteiger charge is -2.03. The second kappa shape index (κ2) is 5.63. The first-order valence-electron chi connectivity index (χ1n) is 6.56. The number of fused-ring (bicyclic) bond motifs is 1. The Hall–Kier alpha value is -2.88. The summed E-state index contributed by atoms with van der Waals surface area (Å²) < 4.78 is 4.92. The van der Waals surface area contributed by atoms with Gasteiger partial charge in [0.25, 0.3) is 0 Å². The molecule has 21 heavy (non-hydrogen) atoms. The number of hydrogen-bond acceptors (Lipinski definition) is 3. The van der Waals surface area contributed by atoms with E-state index in [1.807, 2.05) is 30.3 Å². The molecule has 0 radical (unpaired) electrons. The molecule has 0 unspecified atom stereocenters. The molecule has 1 aliphatic rings. The van der Waals surface area contributed by atoms with Crippen molar-refractivity contribution in [2.24, 2.45) is 0 Å². The lowest BCUT2D eigenvalue weighted by Crippen LogP contribution is -2.08. The number of hydrogen-bond donors (Lipinski definition) is 1. The summed E-state index contributed by atoms with van der Waals surface area (Å²) in [5, 5.41) is 2.76. The Bertz CT molecular complexity index is 720. The van der Waals surface area contributed by atoms with Gasteiger partial charge in [0, 0.05) is 17.3 Å². The van der Waals surface area contributed by atoms with Crippen LogP contribution in [0.2, 0.25) is 0 Å². The molecule has 3 rings (SSSR count). The number of cyclic esters (lactones) is 1. The van der Waals surface area contributed by atoms with Gasteiger partial charge < -0.3 is 10.1 Å². The van der Waals surface area contributed by atoms with Crippen molar-refractivity contribution in [1.82, 2.24) is 0 Å². The molecule has 1 aliphatic heterocycles. The Labute approximate surface area is 122 Å². The lowest BCUT2D eigenvalue weighted by atomic mass is 10.1. The van der Waals surface area contributed by atoms with E-state index in [1.165, 1.54) is 6.08 Å². The first-order chi connectivity index (χ1) is 10.2. The van der Waals surface area contributed by atoms with Crippen LogP contribution in [0, 0.1) is 0 Å². The normalized spacial score (nSPS) is 13.0. The summed E-state index contributed by atoms with van der Waals surface area (Å²) in [7, 11) is 0. The first kappa shape index (κ1) is 13.1. The SMILES string of the molecule is O=C(/C=C/c1ccccc1)Nc1ccc2c(c1)COC2=O. The number of carbonyl (C=O) groups excluding carboxylic acids is 2. The highest BCUT2D eigenvalue weighted by molar-refractivity contribution is 6.02. The molecular weight excluding hydrogens is 266 g/mol. The fraction of sp³-hybridized carbons (Fsp3) is 0.0588. The van der Waals surface area contributed by atoms with Crippen molar-refractivity contribution >= 4 is 23.6 Å². The Morgan fingerprint density at radius 2 is 1.95 bits per heavy atom. The third-order valence-electron chi connectivity index (χ3n) is 3.18. The van der Waals surface area contributed by atoms with Crippen molar-refractivity contribution in [3.63, 3.8) is 0 Å².